The minimum Gasteiger partial charge on any atom is -0.493 e. The predicted octanol–water partition coefficient (Wildman–Crippen LogP) is 6.85. The van der Waals surface area contributed by atoms with Crippen molar-refractivity contribution in [2.75, 3.05) is 32.0 Å². The number of methoxy groups -OCH3 is 3. The van der Waals surface area contributed by atoms with Gasteiger partial charge in [-0.2, -0.15) is 0 Å². The van der Waals surface area contributed by atoms with Gasteiger partial charge in [-0.15, -0.1) is 11.8 Å². The van der Waals surface area contributed by atoms with E-state index in [4.69, 9.17) is 14.2 Å². The van der Waals surface area contributed by atoms with Crippen LogP contribution < -0.4 is 30.2 Å². The van der Waals surface area contributed by atoms with Crippen molar-refractivity contribution in [3.05, 3.63) is 111 Å². The van der Waals surface area contributed by atoms with Crippen LogP contribution in [0.2, 0.25) is 0 Å². The molecule has 0 bridgehead atoms. The van der Waals surface area contributed by atoms with Gasteiger partial charge in [-0.05, 0) is 108 Å². The molecule has 9 nitrogen and oxygen atoms in total. The zero-order valence-corrected chi connectivity index (χ0v) is 28.0. The second-order valence-corrected chi connectivity index (χ2v) is 12.2. The van der Waals surface area contributed by atoms with E-state index in [-0.39, 0.29) is 11.6 Å². The Hall–Kier alpha value is -4.49. The lowest BCUT2D eigenvalue weighted by Gasteiger charge is -2.15. The molecule has 3 N–H and O–H groups in total. The lowest BCUT2D eigenvalue weighted by Crippen LogP contribution is -2.30. The topological polar surface area (TPSA) is 115 Å². The SMILES string of the molecule is COc1cc(/C=C(/NC(=O)c2ccccc2)C(=O)Nc2cccc(SC(C)C(=O)Nc3ccc(I)cc3)c2)cc(OC)c1OC. The summed E-state index contributed by atoms with van der Waals surface area (Å²) in [6, 6.07) is 26.6. The number of hydrogen-bond donors (Lipinski definition) is 3. The first-order chi connectivity index (χ1) is 21.7. The van der Waals surface area contributed by atoms with Gasteiger partial charge in [0.05, 0.1) is 26.6 Å². The molecule has 0 aliphatic rings. The highest BCUT2D eigenvalue weighted by Gasteiger charge is 2.19. The predicted molar refractivity (Wildman–Crippen MR) is 186 cm³/mol. The molecule has 1 atom stereocenters. The normalized spacial score (nSPS) is 11.6. The van der Waals surface area contributed by atoms with Gasteiger partial charge in [0.1, 0.15) is 5.70 Å². The molecule has 4 aromatic carbocycles. The fourth-order valence-electron chi connectivity index (χ4n) is 4.17. The quantitative estimate of drug-likeness (QED) is 0.0829. The zero-order chi connectivity index (χ0) is 32.3. The summed E-state index contributed by atoms with van der Waals surface area (Å²) < 4.78 is 17.4. The number of carbonyl (C=O) groups excluding carboxylic acids is 3. The van der Waals surface area contributed by atoms with Crippen LogP contribution in [0.25, 0.3) is 6.08 Å². The maximum absolute atomic E-state index is 13.6. The van der Waals surface area contributed by atoms with E-state index in [0.29, 0.717) is 34.1 Å². The highest BCUT2D eigenvalue weighted by atomic mass is 127. The van der Waals surface area contributed by atoms with E-state index in [0.717, 1.165) is 14.2 Å². The van der Waals surface area contributed by atoms with Gasteiger partial charge in [-0.3, -0.25) is 14.4 Å². The van der Waals surface area contributed by atoms with Crippen molar-refractivity contribution in [3.63, 3.8) is 0 Å². The fourth-order valence-corrected chi connectivity index (χ4v) is 5.46. The molecule has 45 heavy (non-hydrogen) atoms. The number of halogens is 1. The van der Waals surface area contributed by atoms with Crippen molar-refractivity contribution in [3.8, 4) is 17.2 Å². The average Bonchev–Trinajstić information content (AvgIpc) is 3.05. The Morgan fingerprint density at radius 3 is 2.07 bits per heavy atom. The zero-order valence-electron chi connectivity index (χ0n) is 25.1. The van der Waals surface area contributed by atoms with E-state index in [1.54, 1.807) is 60.7 Å². The van der Waals surface area contributed by atoms with Crippen molar-refractivity contribution in [1.82, 2.24) is 5.32 Å². The molecule has 11 heteroatoms. The number of benzene rings is 4. The third kappa shape index (κ3) is 9.25. The van der Waals surface area contributed by atoms with Gasteiger partial charge in [0, 0.05) is 25.4 Å². The first-order valence-electron chi connectivity index (χ1n) is 13.7. The van der Waals surface area contributed by atoms with Crippen molar-refractivity contribution in [2.24, 2.45) is 0 Å². The van der Waals surface area contributed by atoms with Crippen molar-refractivity contribution in [1.29, 1.82) is 0 Å². The molecule has 0 spiro atoms. The Morgan fingerprint density at radius 2 is 1.44 bits per heavy atom. The summed E-state index contributed by atoms with van der Waals surface area (Å²) in [7, 11) is 4.48. The molecule has 0 aliphatic heterocycles. The van der Waals surface area contributed by atoms with Gasteiger partial charge in [-0.25, -0.2) is 0 Å². The van der Waals surface area contributed by atoms with Crippen molar-refractivity contribution in [2.45, 2.75) is 17.1 Å². The Balaban J connectivity index is 1.56. The summed E-state index contributed by atoms with van der Waals surface area (Å²) in [5.74, 6) is 0.0211. The fraction of sp³-hybridized carbons (Fsp3) is 0.147. The third-order valence-electron chi connectivity index (χ3n) is 6.41. The number of thioether (sulfide) groups is 1. The molecule has 0 saturated heterocycles. The van der Waals surface area contributed by atoms with Crippen LogP contribution in [0.4, 0.5) is 11.4 Å². The summed E-state index contributed by atoms with van der Waals surface area (Å²) in [5.41, 5.74) is 2.11. The van der Waals surface area contributed by atoms with E-state index < -0.39 is 17.1 Å². The van der Waals surface area contributed by atoms with Crippen LogP contribution in [0.5, 0.6) is 17.2 Å². The summed E-state index contributed by atoms with van der Waals surface area (Å²) in [6.45, 7) is 1.81. The first kappa shape index (κ1) is 33.4. The van der Waals surface area contributed by atoms with E-state index in [9.17, 15) is 14.4 Å². The molecule has 3 amide bonds. The number of hydrogen-bond acceptors (Lipinski definition) is 7. The Labute approximate surface area is 279 Å². The molecule has 1 unspecified atom stereocenters. The van der Waals surface area contributed by atoms with Gasteiger partial charge in [-0.1, -0.05) is 24.3 Å². The summed E-state index contributed by atoms with van der Waals surface area (Å²) in [5, 5.41) is 8.11. The minimum atomic E-state index is -0.556. The summed E-state index contributed by atoms with van der Waals surface area (Å²) in [6.07, 6.45) is 1.52. The number of amides is 3. The van der Waals surface area contributed by atoms with Crippen LogP contribution in [0.1, 0.15) is 22.8 Å². The highest BCUT2D eigenvalue weighted by molar-refractivity contribution is 14.1. The van der Waals surface area contributed by atoms with E-state index in [2.05, 4.69) is 38.5 Å². The average molecular weight is 738 g/mol. The minimum absolute atomic E-state index is 0.0125. The Morgan fingerprint density at radius 1 is 0.778 bits per heavy atom. The summed E-state index contributed by atoms with van der Waals surface area (Å²) >= 11 is 3.57. The molecule has 0 saturated carbocycles. The number of anilines is 2. The van der Waals surface area contributed by atoms with Gasteiger partial charge >= 0.3 is 0 Å². The largest absolute Gasteiger partial charge is 0.493 e. The van der Waals surface area contributed by atoms with Crippen molar-refractivity contribution < 1.29 is 28.6 Å². The number of nitrogens with one attached hydrogen (secondary N) is 3. The molecule has 0 aromatic heterocycles. The number of ether oxygens (including phenoxy) is 3. The Bertz CT molecular complexity index is 1670. The molecule has 4 rings (SSSR count). The van der Waals surface area contributed by atoms with Crippen LogP contribution in [0.15, 0.2) is 102 Å². The number of carbonyl (C=O) groups is 3. The van der Waals surface area contributed by atoms with Gasteiger partial charge in [0.2, 0.25) is 11.7 Å². The molecule has 0 radical (unpaired) electrons. The van der Waals surface area contributed by atoms with Crippen LogP contribution in [0, 0.1) is 3.57 Å². The second kappa shape index (κ2) is 16.0. The second-order valence-electron chi connectivity index (χ2n) is 9.58. The van der Waals surface area contributed by atoms with Crippen LogP contribution in [0.3, 0.4) is 0 Å². The highest BCUT2D eigenvalue weighted by Crippen LogP contribution is 2.38. The van der Waals surface area contributed by atoms with Crippen LogP contribution in [-0.4, -0.2) is 44.3 Å². The van der Waals surface area contributed by atoms with E-state index in [1.165, 1.54) is 39.2 Å². The first-order valence-corrected chi connectivity index (χ1v) is 15.7. The smallest absolute Gasteiger partial charge is 0.272 e. The molecule has 0 fully saturated rings. The molecule has 0 aliphatic carbocycles. The molecule has 232 valence electrons. The maximum atomic E-state index is 13.6. The van der Waals surface area contributed by atoms with Crippen molar-refractivity contribution >= 4 is 69.5 Å². The molecular weight excluding hydrogens is 705 g/mol. The monoisotopic (exact) mass is 737 g/mol. The van der Waals surface area contributed by atoms with Gasteiger partial charge in [0.25, 0.3) is 11.8 Å². The van der Waals surface area contributed by atoms with Crippen LogP contribution >= 0.6 is 34.4 Å². The molecule has 0 heterocycles. The number of rotatable bonds is 12. The van der Waals surface area contributed by atoms with Gasteiger partial charge < -0.3 is 30.2 Å². The molecular formula is C34H32IN3O6S. The van der Waals surface area contributed by atoms with Gasteiger partial charge in [0.15, 0.2) is 11.5 Å². The van der Waals surface area contributed by atoms with E-state index in [1.807, 2.05) is 37.3 Å². The standard InChI is InChI=1S/C34H32IN3O6S/c1-21(32(39)36-25-15-13-24(35)14-16-25)45-27-12-8-11-26(20-27)37-34(41)28(38-33(40)23-9-6-5-7-10-23)17-22-18-29(42-2)31(44-4)30(19-22)43-3/h5-21H,1-4H3,(H,36,39)(H,37,41)(H,38,40)/b28-17+. The lowest BCUT2D eigenvalue weighted by molar-refractivity contribution is -0.115. The summed E-state index contributed by atoms with van der Waals surface area (Å²) in [4.78, 5) is 40.3. The van der Waals surface area contributed by atoms with E-state index >= 15 is 0 Å². The van der Waals surface area contributed by atoms with Crippen LogP contribution in [-0.2, 0) is 9.59 Å². The molecule has 4 aromatic rings. The lowest BCUT2D eigenvalue weighted by atomic mass is 10.1. The maximum Gasteiger partial charge on any atom is 0.272 e. The Kier molecular flexibility index (Phi) is 11.9. The third-order valence-corrected chi connectivity index (χ3v) is 8.23.